The van der Waals surface area contributed by atoms with Gasteiger partial charge in [-0.25, -0.2) is 8.42 Å². The van der Waals surface area contributed by atoms with Gasteiger partial charge < -0.3 is 9.88 Å². The highest BCUT2D eigenvalue weighted by Gasteiger charge is 2.34. The Morgan fingerprint density at radius 2 is 2.35 bits per heavy atom. The van der Waals surface area contributed by atoms with E-state index >= 15 is 0 Å². The van der Waals surface area contributed by atoms with Crippen molar-refractivity contribution in [1.82, 2.24) is 9.88 Å². The van der Waals surface area contributed by atoms with Crippen LogP contribution in [0.2, 0.25) is 0 Å². The van der Waals surface area contributed by atoms with Gasteiger partial charge in [-0.1, -0.05) is 0 Å². The summed E-state index contributed by atoms with van der Waals surface area (Å²) in [5.41, 5.74) is 1.49. The van der Waals surface area contributed by atoms with Gasteiger partial charge in [0.15, 0.2) is 9.84 Å². The van der Waals surface area contributed by atoms with E-state index in [2.05, 4.69) is 4.98 Å². The third kappa shape index (κ3) is 2.35. The van der Waals surface area contributed by atoms with Crippen molar-refractivity contribution >= 4 is 37.3 Å². The van der Waals surface area contributed by atoms with E-state index in [1.807, 2.05) is 24.4 Å². The molecule has 0 bridgehead atoms. The summed E-state index contributed by atoms with van der Waals surface area (Å²) in [6.07, 6.45) is 0.539. The van der Waals surface area contributed by atoms with Crippen LogP contribution in [0.1, 0.15) is 23.8 Å². The summed E-state index contributed by atoms with van der Waals surface area (Å²) < 4.78 is 24.2. The molecule has 1 atom stereocenters. The van der Waals surface area contributed by atoms with E-state index in [9.17, 15) is 13.2 Å². The Balaban J connectivity index is 1.85. The fraction of sp³-hybridized carbons (Fsp3) is 0.462. The monoisotopic (exact) mass is 312 g/mol. The lowest BCUT2D eigenvalue weighted by Crippen LogP contribution is -2.41. The van der Waals surface area contributed by atoms with Crippen molar-refractivity contribution in [1.29, 1.82) is 0 Å². The zero-order valence-corrected chi connectivity index (χ0v) is 12.8. The predicted molar refractivity (Wildman–Crippen MR) is 79.9 cm³/mol. The molecule has 3 rings (SSSR count). The van der Waals surface area contributed by atoms with Crippen LogP contribution in [0.4, 0.5) is 0 Å². The maximum Gasteiger partial charge on any atom is 0.270 e. The van der Waals surface area contributed by atoms with Gasteiger partial charge in [0, 0.05) is 12.6 Å². The van der Waals surface area contributed by atoms with Crippen LogP contribution in [-0.2, 0) is 9.84 Å². The largest absolute Gasteiger partial charge is 0.350 e. The molecule has 108 valence electrons. The summed E-state index contributed by atoms with van der Waals surface area (Å²) in [5.74, 6) is 0.154. The van der Waals surface area contributed by atoms with Crippen molar-refractivity contribution in [2.45, 2.75) is 19.4 Å². The lowest BCUT2D eigenvalue weighted by Gasteiger charge is -2.26. The second-order valence-corrected chi connectivity index (χ2v) is 8.21. The Labute approximate surface area is 121 Å². The van der Waals surface area contributed by atoms with Crippen LogP contribution < -0.4 is 0 Å². The Bertz CT molecular complexity index is 716. The van der Waals surface area contributed by atoms with Crippen molar-refractivity contribution < 1.29 is 13.2 Å². The molecular formula is C13H16N2O3S2. The number of aromatic nitrogens is 1. The molecule has 1 amide bonds. The molecule has 0 aromatic carbocycles. The van der Waals surface area contributed by atoms with Gasteiger partial charge in [-0.3, -0.25) is 4.79 Å². The average Bonchev–Trinajstić information content (AvgIpc) is 3.03. The van der Waals surface area contributed by atoms with E-state index in [-0.39, 0.29) is 23.5 Å². The van der Waals surface area contributed by atoms with E-state index in [4.69, 9.17) is 0 Å². The van der Waals surface area contributed by atoms with Gasteiger partial charge in [0.25, 0.3) is 5.91 Å². The van der Waals surface area contributed by atoms with Gasteiger partial charge in [-0.2, -0.15) is 0 Å². The number of sulfone groups is 1. The first-order valence-corrected chi connectivity index (χ1v) is 9.28. The third-order valence-electron chi connectivity index (χ3n) is 3.72. The molecule has 1 N–H and O–H groups in total. The smallest absolute Gasteiger partial charge is 0.270 e. The molecule has 1 aliphatic heterocycles. The molecule has 0 radical (unpaired) electrons. The summed E-state index contributed by atoms with van der Waals surface area (Å²) in [6, 6.07) is 3.58. The molecule has 7 heteroatoms. The molecule has 1 saturated heterocycles. The number of hydrogen-bond acceptors (Lipinski definition) is 4. The zero-order chi connectivity index (χ0) is 14.3. The number of nitrogens with zero attached hydrogens (tertiary/aromatic N) is 1. The summed E-state index contributed by atoms with van der Waals surface area (Å²) >= 11 is 1.58. The Morgan fingerprint density at radius 3 is 2.95 bits per heavy atom. The molecule has 5 nitrogen and oxygen atoms in total. The van der Waals surface area contributed by atoms with Gasteiger partial charge in [-0.15, -0.1) is 11.3 Å². The number of aromatic amines is 1. The average molecular weight is 312 g/mol. The van der Waals surface area contributed by atoms with Crippen molar-refractivity contribution in [2.24, 2.45) is 0 Å². The third-order valence-corrected chi connectivity index (χ3v) is 6.34. The van der Waals surface area contributed by atoms with Crippen LogP contribution in [0.15, 0.2) is 17.5 Å². The molecule has 0 unspecified atom stereocenters. The molecule has 0 aliphatic carbocycles. The number of thiophene rings is 1. The molecule has 20 heavy (non-hydrogen) atoms. The minimum absolute atomic E-state index is 0.0850. The first-order chi connectivity index (χ1) is 9.50. The Morgan fingerprint density at radius 1 is 1.55 bits per heavy atom. The van der Waals surface area contributed by atoms with Crippen molar-refractivity contribution in [3.63, 3.8) is 0 Å². The fourth-order valence-electron chi connectivity index (χ4n) is 2.71. The van der Waals surface area contributed by atoms with Crippen molar-refractivity contribution in [3.05, 3.63) is 23.2 Å². The number of carbonyl (C=O) groups is 1. The number of hydrogen-bond donors (Lipinski definition) is 1. The quantitative estimate of drug-likeness (QED) is 0.940. The minimum Gasteiger partial charge on any atom is -0.350 e. The van der Waals surface area contributed by atoms with Gasteiger partial charge in [-0.05, 0) is 30.9 Å². The SMILES string of the molecule is CCN(C(=O)c1cc2sccc2[nH]1)[C@@H]1CCS(=O)(=O)C1. The van der Waals surface area contributed by atoms with Crippen LogP contribution >= 0.6 is 11.3 Å². The normalized spacial score (nSPS) is 21.4. The lowest BCUT2D eigenvalue weighted by molar-refractivity contribution is 0.0703. The second-order valence-electron chi connectivity index (χ2n) is 5.03. The Hall–Kier alpha value is -1.34. The summed E-state index contributed by atoms with van der Waals surface area (Å²) in [4.78, 5) is 17.3. The predicted octanol–water partition coefficient (Wildman–Crippen LogP) is 1.88. The molecule has 2 aromatic rings. The number of carbonyl (C=O) groups excluding carboxylic acids is 1. The van der Waals surface area contributed by atoms with E-state index < -0.39 is 9.84 Å². The molecule has 0 spiro atoms. The topological polar surface area (TPSA) is 70.2 Å². The van der Waals surface area contributed by atoms with E-state index in [1.165, 1.54) is 0 Å². The highest BCUT2D eigenvalue weighted by molar-refractivity contribution is 7.91. The van der Waals surface area contributed by atoms with Crippen LogP contribution in [0.25, 0.3) is 10.2 Å². The van der Waals surface area contributed by atoms with E-state index in [0.29, 0.717) is 18.7 Å². The van der Waals surface area contributed by atoms with Crippen LogP contribution in [0.5, 0.6) is 0 Å². The van der Waals surface area contributed by atoms with Gasteiger partial charge in [0.1, 0.15) is 5.69 Å². The molecular weight excluding hydrogens is 296 g/mol. The highest BCUT2D eigenvalue weighted by Crippen LogP contribution is 2.24. The van der Waals surface area contributed by atoms with Crippen LogP contribution in [-0.4, -0.2) is 48.3 Å². The summed E-state index contributed by atoms with van der Waals surface area (Å²) in [6.45, 7) is 2.40. The van der Waals surface area contributed by atoms with E-state index in [0.717, 1.165) is 10.2 Å². The lowest BCUT2D eigenvalue weighted by atomic mass is 10.2. The molecule has 2 aromatic heterocycles. The van der Waals surface area contributed by atoms with Crippen LogP contribution in [0, 0.1) is 0 Å². The van der Waals surface area contributed by atoms with Gasteiger partial charge >= 0.3 is 0 Å². The van der Waals surface area contributed by atoms with E-state index in [1.54, 1.807) is 16.2 Å². The number of rotatable bonds is 3. The molecule has 0 saturated carbocycles. The maximum atomic E-state index is 12.5. The number of fused-ring (bicyclic) bond motifs is 1. The minimum atomic E-state index is -2.98. The van der Waals surface area contributed by atoms with Crippen molar-refractivity contribution in [2.75, 3.05) is 18.1 Å². The first-order valence-electron chi connectivity index (χ1n) is 6.58. The Kier molecular flexibility index (Phi) is 3.33. The summed E-state index contributed by atoms with van der Waals surface area (Å²) in [5, 5.41) is 1.97. The van der Waals surface area contributed by atoms with Gasteiger partial charge in [0.05, 0.1) is 21.7 Å². The molecule has 3 heterocycles. The summed E-state index contributed by atoms with van der Waals surface area (Å²) in [7, 11) is -2.98. The maximum absolute atomic E-state index is 12.5. The fourth-order valence-corrected chi connectivity index (χ4v) is 5.22. The standard InChI is InChI=1S/C13H16N2O3S2/c1-2-15(9-4-6-20(17,18)8-9)13(16)11-7-12-10(14-11)3-5-19-12/h3,5,7,9,14H,2,4,6,8H2,1H3/t9-/m1/s1. The van der Waals surface area contributed by atoms with Crippen LogP contribution in [0.3, 0.4) is 0 Å². The number of H-pyrrole nitrogens is 1. The second kappa shape index (κ2) is 4.89. The number of amides is 1. The van der Waals surface area contributed by atoms with Gasteiger partial charge in [0.2, 0.25) is 0 Å². The number of nitrogens with one attached hydrogen (secondary N) is 1. The first kappa shape index (κ1) is 13.6. The van der Waals surface area contributed by atoms with Crippen molar-refractivity contribution in [3.8, 4) is 0 Å². The zero-order valence-electron chi connectivity index (χ0n) is 11.1. The molecule has 1 fully saturated rings. The molecule has 1 aliphatic rings. The highest BCUT2D eigenvalue weighted by atomic mass is 32.2.